The molecule has 1 atom stereocenters. The predicted octanol–water partition coefficient (Wildman–Crippen LogP) is 2.05. The van der Waals surface area contributed by atoms with Gasteiger partial charge in [0.15, 0.2) is 11.5 Å². The molecule has 0 bridgehead atoms. The van der Waals surface area contributed by atoms with E-state index in [0.29, 0.717) is 23.1 Å². The number of ether oxygens (including phenoxy) is 1. The Hall–Kier alpha value is -1.29. The van der Waals surface area contributed by atoms with Crippen LogP contribution in [0.15, 0.2) is 0 Å². The fraction of sp³-hybridized carbons (Fsp3) is 0.500. The number of halogens is 1. The highest BCUT2D eigenvalue weighted by molar-refractivity contribution is 5.55. The van der Waals surface area contributed by atoms with E-state index in [9.17, 15) is 9.50 Å². The number of phenols is 1. The molecule has 0 amide bonds. The van der Waals surface area contributed by atoms with Crippen molar-refractivity contribution >= 4 is 0 Å². The molecule has 0 saturated heterocycles. The molecule has 0 aliphatic carbocycles. The molecule has 1 rings (SSSR count). The molecular weight excluding hydrogens is 209 g/mol. The van der Waals surface area contributed by atoms with Gasteiger partial charge >= 0.3 is 0 Å². The Kier molecular flexibility index (Phi) is 3.75. The van der Waals surface area contributed by atoms with Crippen molar-refractivity contribution in [3.63, 3.8) is 0 Å². The van der Waals surface area contributed by atoms with Gasteiger partial charge in [-0.3, -0.25) is 0 Å². The zero-order chi connectivity index (χ0) is 12.5. The van der Waals surface area contributed by atoms with Gasteiger partial charge < -0.3 is 15.6 Å². The van der Waals surface area contributed by atoms with Crippen LogP contribution < -0.4 is 10.5 Å². The number of hydrogen-bond donors (Lipinski definition) is 2. The lowest BCUT2D eigenvalue weighted by Gasteiger charge is -2.17. The van der Waals surface area contributed by atoms with Crippen LogP contribution in [0.1, 0.15) is 23.6 Å². The first kappa shape index (κ1) is 12.8. The summed E-state index contributed by atoms with van der Waals surface area (Å²) in [4.78, 5) is 0. The minimum atomic E-state index is -0.342. The Labute approximate surface area is 95.0 Å². The lowest BCUT2D eigenvalue weighted by Crippen LogP contribution is -2.19. The summed E-state index contributed by atoms with van der Waals surface area (Å²) in [5, 5.41) is 9.98. The van der Waals surface area contributed by atoms with Gasteiger partial charge in [0, 0.05) is 17.2 Å². The molecule has 0 fully saturated rings. The SMILES string of the molecule is COc1c(C)c(F)c(C)c(CC(C)N)c1O. The standard InChI is InChI=1S/C12H18FNO2/c1-6(14)5-9-7(2)10(13)8(3)12(16-4)11(9)15/h6,15H,5,14H2,1-4H3. The van der Waals surface area contributed by atoms with Crippen molar-refractivity contribution in [2.45, 2.75) is 33.2 Å². The van der Waals surface area contributed by atoms with E-state index >= 15 is 0 Å². The minimum absolute atomic E-state index is 0.00352. The number of aromatic hydroxyl groups is 1. The smallest absolute Gasteiger partial charge is 0.166 e. The van der Waals surface area contributed by atoms with Gasteiger partial charge in [0.25, 0.3) is 0 Å². The van der Waals surface area contributed by atoms with Crippen LogP contribution in [0, 0.1) is 19.7 Å². The highest BCUT2D eigenvalue weighted by Crippen LogP contribution is 2.38. The molecule has 0 radical (unpaired) electrons. The third kappa shape index (κ3) is 2.11. The summed E-state index contributed by atoms with van der Waals surface area (Å²) in [6.45, 7) is 5.03. The first-order valence-corrected chi connectivity index (χ1v) is 5.20. The third-order valence-electron chi connectivity index (χ3n) is 2.68. The number of nitrogens with two attached hydrogens (primary N) is 1. The fourth-order valence-corrected chi connectivity index (χ4v) is 1.83. The fourth-order valence-electron chi connectivity index (χ4n) is 1.83. The first-order valence-electron chi connectivity index (χ1n) is 5.20. The summed E-state index contributed by atoms with van der Waals surface area (Å²) in [5.74, 6) is -0.153. The average Bonchev–Trinajstić information content (AvgIpc) is 2.22. The van der Waals surface area contributed by atoms with E-state index in [-0.39, 0.29) is 23.4 Å². The topological polar surface area (TPSA) is 55.5 Å². The van der Waals surface area contributed by atoms with Gasteiger partial charge in [-0.2, -0.15) is 0 Å². The van der Waals surface area contributed by atoms with E-state index in [4.69, 9.17) is 10.5 Å². The van der Waals surface area contributed by atoms with Crippen molar-refractivity contribution in [2.75, 3.05) is 7.11 Å². The largest absolute Gasteiger partial charge is 0.504 e. The Bertz CT molecular complexity index is 403. The number of benzene rings is 1. The summed E-state index contributed by atoms with van der Waals surface area (Å²) in [7, 11) is 1.41. The normalized spacial score (nSPS) is 12.6. The third-order valence-corrected chi connectivity index (χ3v) is 2.68. The molecule has 1 aromatic carbocycles. The van der Waals surface area contributed by atoms with Crippen LogP contribution >= 0.6 is 0 Å². The van der Waals surface area contributed by atoms with Gasteiger partial charge in [-0.1, -0.05) is 0 Å². The molecule has 0 aliphatic heterocycles. The van der Waals surface area contributed by atoms with Crippen LogP contribution in [0.5, 0.6) is 11.5 Å². The number of methoxy groups -OCH3 is 1. The maximum Gasteiger partial charge on any atom is 0.166 e. The summed E-state index contributed by atoms with van der Waals surface area (Å²) < 4.78 is 18.8. The molecule has 0 heterocycles. The minimum Gasteiger partial charge on any atom is -0.504 e. The second-order valence-corrected chi connectivity index (χ2v) is 4.11. The summed E-state index contributed by atoms with van der Waals surface area (Å²) in [6, 6.07) is -0.142. The van der Waals surface area contributed by atoms with Crippen molar-refractivity contribution in [1.82, 2.24) is 0 Å². The molecular formula is C12H18FNO2. The molecule has 90 valence electrons. The van der Waals surface area contributed by atoms with E-state index in [1.807, 2.05) is 6.92 Å². The Morgan fingerprint density at radius 2 is 1.94 bits per heavy atom. The summed E-state index contributed by atoms with van der Waals surface area (Å²) in [5.41, 5.74) is 6.95. The van der Waals surface area contributed by atoms with Gasteiger partial charge in [-0.15, -0.1) is 0 Å². The maximum atomic E-state index is 13.8. The van der Waals surface area contributed by atoms with Crippen molar-refractivity contribution in [3.8, 4) is 11.5 Å². The second kappa shape index (κ2) is 4.70. The summed E-state index contributed by atoms with van der Waals surface area (Å²) >= 11 is 0. The highest BCUT2D eigenvalue weighted by Gasteiger charge is 2.20. The lowest BCUT2D eigenvalue weighted by molar-refractivity contribution is 0.362. The molecule has 3 N–H and O–H groups in total. The van der Waals surface area contributed by atoms with E-state index in [2.05, 4.69) is 0 Å². The maximum absolute atomic E-state index is 13.8. The molecule has 0 aliphatic rings. The van der Waals surface area contributed by atoms with Gasteiger partial charge in [0.2, 0.25) is 0 Å². The predicted molar refractivity (Wildman–Crippen MR) is 61.4 cm³/mol. The number of hydrogen-bond acceptors (Lipinski definition) is 3. The van der Waals surface area contributed by atoms with Crippen molar-refractivity contribution < 1.29 is 14.2 Å². The number of phenolic OH excluding ortho intramolecular Hbond substituents is 1. The highest BCUT2D eigenvalue weighted by atomic mass is 19.1. The monoisotopic (exact) mass is 227 g/mol. The Morgan fingerprint density at radius 1 is 1.38 bits per heavy atom. The van der Waals surface area contributed by atoms with E-state index in [1.54, 1.807) is 13.8 Å². The van der Waals surface area contributed by atoms with Crippen molar-refractivity contribution in [2.24, 2.45) is 5.73 Å². The van der Waals surface area contributed by atoms with Crippen molar-refractivity contribution in [1.29, 1.82) is 0 Å². The molecule has 0 spiro atoms. The Balaban J connectivity index is 3.43. The zero-order valence-electron chi connectivity index (χ0n) is 10.1. The van der Waals surface area contributed by atoms with Crippen LogP contribution in [0.4, 0.5) is 4.39 Å². The van der Waals surface area contributed by atoms with Gasteiger partial charge in [0.1, 0.15) is 5.82 Å². The zero-order valence-corrected chi connectivity index (χ0v) is 10.1. The quantitative estimate of drug-likeness (QED) is 0.830. The first-order chi connectivity index (χ1) is 7.40. The molecule has 1 aromatic rings. The Morgan fingerprint density at radius 3 is 2.38 bits per heavy atom. The van der Waals surface area contributed by atoms with Gasteiger partial charge in [-0.25, -0.2) is 4.39 Å². The van der Waals surface area contributed by atoms with Crippen LogP contribution in [0.2, 0.25) is 0 Å². The van der Waals surface area contributed by atoms with Crippen LogP contribution in [-0.4, -0.2) is 18.3 Å². The van der Waals surface area contributed by atoms with Crippen molar-refractivity contribution in [3.05, 3.63) is 22.5 Å². The second-order valence-electron chi connectivity index (χ2n) is 4.11. The number of rotatable bonds is 3. The molecule has 0 saturated carbocycles. The van der Waals surface area contributed by atoms with E-state index in [0.717, 1.165) is 0 Å². The molecule has 1 unspecified atom stereocenters. The lowest BCUT2D eigenvalue weighted by atomic mass is 9.97. The van der Waals surface area contributed by atoms with E-state index < -0.39 is 0 Å². The van der Waals surface area contributed by atoms with E-state index in [1.165, 1.54) is 7.11 Å². The van der Waals surface area contributed by atoms with Crippen LogP contribution in [-0.2, 0) is 6.42 Å². The molecule has 3 nitrogen and oxygen atoms in total. The molecule has 4 heteroatoms. The average molecular weight is 227 g/mol. The molecule has 16 heavy (non-hydrogen) atoms. The molecule has 0 aromatic heterocycles. The van der Waals surface area contributed by atoms with Crippen LogP contribution in [0.25, 0.3) is 0 Å². The summed E-state index contributed by atoms with van der Waals surface area (Å²) in [6.07, 6.45) is 0.422. The van der Waals surface area contributed by atoms with Gasteiger partial charge in [-0.05, 0) is 32.8 Å². The van der Waals surface area contributed by atoms with Crippen LogP contribution in [0.3, 0.4) is 0 Å². The van der Waals surface area contributed by atoms with Gasteiger partial charge in [0.05, 0.1) is 7.11 Å².